The Hall–Kier alpha value is -1.92. The van der Waals surface area contributed by atoms with Gasteiger partial charge in [0, 0.05) is 24.2 Å². The number of nitrogen functional groups attached to an aromatic ring is 1. The molecule has 0 aromatic heterocycles. The summed E-state index contributed by atoms with van der Waals surface area (Å²) in [5.41, 5.74) is 9.73. The van der Waals surface area contributed by atoms with Gasteiger partial charge in [0.2, 0.25) is 0 Å². The van der Waals surface area contributed by atoms with Crippen LogP contribution in [0.1, 0.15) is 67.6 Å². The second-order valence-corrected chi connectivity index (χ2v) is 8.59. The summed E-state index contributed by atoms with van der Waals surface area (Å²) in [6, 6.07) is 15.9. The zero-order valence-electron chi connectivity index (χ0n) is 17.7. The minimum Gasteiger partial charge on any atom is -0.399 e. The summed E-state index contributed by atoms with van der Waals surface area (Å²) in [6.07, 6.45) is 7.03. The zero-order valence-corrected chi connectivity index (χ0v) is 17.7. The molecule has 3 atom stereocenters. The van der Waals surface area contributed by atoms with Gasteiger partial charge in [0.1, 0.15) is 0 Å². The number of likely N-dealkylation sites (tertiary alicyclic amines) is 1. The highest BCUT2D eigenvalue weighted by Gasteiger charge is 2.33. The van der Waals surface area contributed by atoms with E-state index in [2.05, 4.69) is 17.0 Å². The number of ether oxygens (including phenoxy) is 2. The summed E-state index contributed by atoms with van der Waals surface area (Å²) in [6.45, 7) is 3.30. The van der Waals surface area contributed by atoms with Gasteiger partial charge in [0.25, 0.3) is 0 Å². The average Bonchev–Trinajstić information content (AvgIpc) is 2.75. The molecule has 3 N–H and O–H groups in total. The molecule has 0 bridgehead atoms. The Morgan fingerprint density at radius 1 is 0.900 bits per heavy atom. The van der Waals surface area contributed by atoms with Gasteiger partial charge in [-0.05, 0) is 49.2 Å². The smallest absolute Gasteiger partial charge is 0.185 e. The minimum atomic E-state index is -0.426. The van der Waals surface area contributed by atoms with E-state index in [4.69, 9.17) is 15.2 Å². The van der Waals surface area contributed by atoms with Crippen molar-refractivity contribution in [2.24, 2.45) is 0 Å². The highest BCUT2D eigenvalue weighted by molar-refractivity contribution is 5.41. The van der Waals surface area contributed by atoms with Gasteiger partial charge >= 0.3 is 0 Å². The van der Waals surface area contributed by atoms with Crippen LogP contribution in [0.4, 0.5) is 5.69 Å². The van der Waals surface area contributed by atoms with E-state index in [1.165, 1.54) is 32.1 Å². The lowest BCUT2D eigenvalue weighted by atomic mass is 9.99. The van der Waals surface area contributed by atoms with E-state index in [-0.39, 0.29) is 18.8 Å². The number of aliphatic hydroxyl groups is 1. The zero-order chi connectivity index (χ0) is 20.8. The molecule has 2 heterocycles. The Bertz CT molecular complexity index is 787. The molecule has 0 spiro atoms. The third-order valence-corrected chi connectivity index (χ3v) is 6.21. The Morgan fingerprint density at radius 3 is 2.33 bits per heavy atom. The van der Waals surface area contributed by atoms with Crippen molar-refractivity contribution in [3.63, 3.8) is 0 Å². The van der Waals surface area contributed by atoms with Crippen LogP contribution in [0.2, 0.25) is 0 Å². The SMILES string of the molecule is Nc1cccc([C@@H]2O[C@H](CN3CCCCCCC3)C[C@H](c3ccc(CO)cc3)O2)c1. The van der Waals surface area contributed by atoms with Crippen molar-refractivity contribution < 1.29 is 14.6 Å². The first-order valence-corrected chi connectivity index (χ1v) is 11.3. The standard InChI is InChI=1S/C25H34N2O3/c26-22-8-6-7-21(15-22)25-29-23(17-27-13-4-2-1-3-5-14-27)16-24(30-25)20-11-9-19(18-28)10-12-20/h6-12,15,23-25,28H,1-5,13-14,16-18,26H2/t23-,24+,25+/m0/s1. The van der Waals surface area contributed by atoms with Gasteiger partial charge in [0.05, 0.1) is 18.8 Å². The van der Waals surface area contributed by atoms with Gasteiger partial charge in [-0.25, -0.2) is 0 Å². The van der Waals surface area contributed by atoms with Gasteiger partial charge < -0.3 is 25.2 Å². The van der Waals surface area contributed by atoms with Gasteiger partial charge in [-0.3, -0.25) is 0 Å². The van der Waals surface area contributed by atoms with Crippen molar-refractivity contribution in [3.05, 3.63) is 65.2 Å². The van der Waals surface area contributed by atoms with E-state index >= 15 is 0 Å². The number of hydrogen-bond donors (Lipinski definition) is 2. The van der Waals surface area contributed by atoms with E-state index in [1.807, 2.05) is 36.4 Å². The van der Waals surface area contributed by atoms with Crippen LogP contribution in [0.15, 0.2) is 48.5 Å². The quantitative estimate of drug-likeness (QED) is 0.707. The molecule has 4 rings (SSSR count). The monoisotopic (exact) mass is 410 g/mol. The number of nitrogens with zero attached hydrogens (tertiary/aromatic N) is 1. The Balaban J connectivity index is 1.52. The van der Waals surface area contributed by atoms with E-state index in [0.717, 1.165) is 48.4 Å². The lowest BCUT2D eigenvalue weighted by Crippen LogP contribution is -2.40. The normalized spacial score (nSPS) is 26.1. The molecule has 2 aromatic rings. The Labute approximate surface area is 179 Å². The fraction of sp³-hybridized carbons (Fsp3) is 0.520. The maximum Gasteiger partial charge on any atom is 0.185 e. The van der Waals surface area contributed by atoms with E-state index in [9.17, 15) is 5.11 Å². The van der Waals surface area contributed by atoms with Gasteiger partial charge in [-0.2, -0.15) is 0 Å². The van der Waals surface area contributed by atoms with Gasteiger partial charge in [-0.1, -0.05) is 55.7 Å². The van der Waals surface area contributed by atoms with Crippen molar-refractivity contribution in [1.29, 1.82) is 0 Å². The van der Waals surface area contributed by atoms with E-state index in [1.54, 1.807) is 0 Å². The van der Waals surface area contributed by atoms with Crippen molar-refractivity contribution in [1.82, 2.24) is 4.90 Å². The van der Waals surface area contributed by atoms with Crippen LogP contribution in [0, 0.1) is 0 Å². The van der Waals surface area contributed by atoms with Crippen molar-refractivity contribution in [2.45, 2.75) is 63.6 Å². The van der Waals surface area contributed by atoms with Crippen molar-refractivity contribution in [3.8, 4) is 0 Å². The fourth-order valence-corrected chi connectivity index (χ4v) is 4.52. The molecule has 5 nitrogen and oxygen atoms in total. The minimum absolute atomic E-state index is 0.0438. The summed E-state index contributed by atoms with van der Waals surface area (Å²) in [4.78, 5) is 2.57. The fourth-order valence-electron chi connectivity index (χ4n) is 4.52. The van der Waals surface area contributed by atoms with Crippen LogP contribution in [0.25, 0.3) is 0 Å². The first kappa shape index (κ1) is 21.3. The molecule has 2 aliphatic heterocycles. The van der Waals surface area contributed by atoms with E-state index in [0.29, 0.717) is 0 Å². The van der Waals surface area contributed by atoms with Gasteiger partial charge in [0.15, 0.2) is 6.29 Å². The molecule has 2 saturated heterocycles. The third-order valence-electron chi connectivity index (χ3n) is 6.21. The summed E-state index contributed by atoms with van der Waals surface area (Å²) in [5, 5.41) is 9.35. The largest absolute Gasteiger partial charge is 0.399 e. The maximum absolute atomic E-state index is 9.35. The molecule has 0 aliphatic carbocycles. The molecule has 30 heavy (non-hydrogen) atoms. The second-order valence-electron chi connectivity index (χ2n) is 8.59. The molecular formula is C25H34N2O3. The first-order chi connectivity index (χ1) is 14.7. The van der Waals surface area contributed by atoms with Crippen LogP contribution in [0.5, 0.6) is 0 Å². The van der Waals surface area contributed by atoms with Crippen LogP contribution in [-0.2, 0) is 16.1 Å². The van der Waals surface area contributed by atoms with Crippen LogP contribution >= 0.6 is 0 Å². The summed E-state index contributed by atoms with van der Waals surface area (Å²) < 4.78 is 12.8. The van der Waals surface area contributed by atoms with Gasteiger partial charge in [-0.15, -0.1) is 0 Å². The summed E-state index contributed by atoms with van der Waals surface area (Å²) in [5.74, 6) is 0. The number of nitrogens with two attached hydrogens (primary N) is 1. The molecule has 0 unspecified atom stereocenters. The lowest BCUT2D eigenvalue weighted by Gasteiger charge is -2.38. The highest BCUT2D eigenvalue weighted by Crippen LogP contribution is 2.38. The summed E-state index contributed by atoms with van der Waals surface area (Å²) >= 11 is 0. The molecule has 2 aliphatic rings. The molecule has 0 radical (unpaired) electrons. The summed E-state index contributed by atoms with van der Waals surface area (Å²) in [7, 11) is 0. The number of anilines is 1. The van der Waals surface area contributed by atoms with Crippen LogP contribution in [-0.4, -0.2) is 35.7 Å². The average molecular weight is 411 g/mol. The predicted octanol–water partition coefficient (Wildman–Crippen LogP) is 4.57. The van der Waals surface area contributed by atoms with Crippen LogP contribution in [0.3, 0.4) is 0 Å². The number of aliphatic hydroxyl groups excluding tert-OH is 1. The first-order valence-electron chi connectivity index (χ1n) is 11.3. The lowest BCUT2D eigenvalue weighted by molar-refractivity contribution is -0.253. The molecule has 0 amide bonds. The van der Waals surface area contributed by atoms with E-state index < -0.39 is 6.29 Å². The number of rotatable bonds is 5. The molecule has 2 fully saturated rings. The Kier molecular flexibility index (Phi) is 7.39. The molecule has 5 heteroatoms. The molecule has 0 saturated carbocycles. The van der Waals surface area contributed by atoms with Crippen molar-refractivity contribution >= 4 is 5.69 Å². The Morgan fingerprint density at radius 2 is 1.63 bits per heavy atom. The predicted molar refractivity (Wildman–Crippen MR) is 119 cm³/mol. The number of benzene rings is 2. The second kappa shape index (κ2) is 10.4. The third kappa shape index (κ3) is 5.61. The van der Waals surface area contributed by atoms with Crippen molar-refractivity contribution in [2.75, 3.05) is 25.4 Å². The topological polar surface area (TPSA) is 68.0 Å². The maximum atomic E-state index is 9.35. The highest BCUT2D eigenvalue weighted by atomic mass is 16.7. The van der Waals surface area contributed by atoms with Crippen LogP contribution < -0.4 is 5.73 Å². The molecule has 162 valence electrons. The molecular weight excluding hydrogens is 376 g/mol. The molecule has 2 aromatic carbocycles. The number of hydrogen-bond acceptors (Lipinski definition) is 5.